The monoisotopic (exact) mass is 290 g/mol. The molecule has 0 aliphatic carbocycles. The number of aryl methyl sites for hydroxylation is 2. The van der Waals surface area contributed by atoms with Crippen LogP contribution in [-0.4, -0.2) is 0 Å². The van der Waals surface area contributed by atoms with Crippen molar-refractivity contribution in [2.24, 2.45) is 0 Å². The largest absolute Gasteiger partial charge is 0.399 e. The Hall–Kier alpha value is -1.48. The lowest BCUT2D eigenvalue weighted by atomic mass is 10.2. The lowest BCUT2D eigenvalue weighted by Gasteiger charge is -2.10. The van der Waals surface area contributed by atoms with E-state index in [1.54, 1.807) is 0 Å². The molecule has 2 nitrogen and oxygen atoms in total. The van der Waals surface area contributed by atoms with E-state index in [4.69, 9.17) is 5.73 Å². The van der Waals surface area contributed by atoms with E-state index in [1.165, 1.54) is 5.56 Å². The number of rotatable bonds is 2. The first-order valence-electron chi connectivity index (χ1n) is 5.45. The van der Waals surface area contributed by atoms with Crippen LogP contribution in [0.2, 0.25) is 0 Å². The summed E-state index contributed by atoms with van der Waals surface area (Å²) in [5.74, 6) is 0. The van der Waals surface area contributed by atoms with Crippen molar-refractivity contribution < 1.29 is 0 Å². The van der Waals surface area contributed by atoms with Gasteiger partial charge in [0.1, 0.15) is 0 Å². The molecule has 0 heterocycles. The van der Waals surface area contributed by atoms with E-state index in [-0.39, 0.29) is 0 Å². The smallest absolute Gasteiger partial charge is 0.0528 e. The summed E-state index contributed by atoms with van der Waals surface area (Å²) >= 11 is 3.55. The van der Waals surface area contributed by atoms with E-state index in [1.807, 2.05) is 19.1 Å². The zero-order valence-electron chi connectivity index (χ0n) is 9.92. The summed E-state index contributed by atoms with van der Waals surface area (Å²) in [6.07, 6.45) is 0. The van der Waals surface area contributed by atoms with E-state index in [2.05, 4.69) is 52.4 Å². The van der Waals surface area contributed by atoms with Crippen molar-refractivity contribution in [3.05, 3.63) is 52.0 Å². The summed E-state index contributed by atoms with van der Waals surface area (Å²) in [6, 6.07) is 12.2. The molecule has 0 aliphatic rings. The van der Waals surface area contributed by atoms with Crippen molar-refractivity contribution in [2.75, 3.05) is 11.1 Å². The van der Waals surface area contributed by atoms with Crippen molar-refractivity contribution in [1.82, 2.24) is 0 Å². The Labute approximate surface area is 110 Å². The van der Waals surface area contributed by atoms with Gasteiger partial charge in [-0.2, -0.15) is 0 Å². The van der Waals surface area contributed by atoms with Gasteiger partial charge in [-0.25, -0.2) is 0 Å². The van der Waals surface area contributed by atoms with Crippen LogP contribution in [0, 0.1) is 13.8 Å². The normalized spacial score (nSPS) is 10.3. The number of hydrogen-bond donors (Lipinski definition) is 2. The molecule has 0 atom stereocenters. The molecule has 0 radical (unpaired) electrons. The van der Waals surface area contributed by atoms with Crippen LogP contribution in [0.3, 0.4) is 0 Å². The van der Waals surface area contributed by atoms with Crippen LogP contribution in [0.15, 0.2) is 40.9 Å². The third-order valence-electron chi connectivity index (χ3n) is 2.50. The summed E-state index contributed by atoms with van der Waals surface area (Å²) in [5, 5.41) is 3.35. The Morgan fingerprint density at radius 1 is 1.00 bits per heavy atom. The molecule has 0 bridgehead atoms. The number of halogens is 1. The van der Waals surface area contributed by atoms with Crippen molar-refractivity contribution in [1.29, 1.82) is 0 Å². The van der Waals surface area contributed by atoms with E-state index in [0.717, 1.165) is 27.1 Å². The summed E-state index contributed by atoms with van der Waals surface area (Å²) in [5.41, 5.74) is 11.0. The minimum atomic E-state index is 0.774. The fourth-order valence-electron chi connectivity index (χ4n) is 1.76. The molecule has 0 saturated carbocycles. The minimum Gasteiger partial charge on any atom is -0.399 e. The van der Waals surface area contributed by atoms with Gasteiger partial charge in [-0.15, -0.1) is 0 Å². The van der Waals surface area contributed by atoms with Gasteiger partial charge in [-0.05, 0) is 71.2 Å². The van der Waals surface area contributed by atoms with Crippen molar-refractivity contribution in [2.45, 2.75) is 13.8 Å². The highest BCUT2D eigenvalue weighted by Crippen LogP contribution is 2.28. The van der Waals surface area contributed by atoms with E-state index >= 15 is 0 Å². The standard InChI is InChI=1S/C14H15BrN2/c1-9-3-4-14(13(15)7-9)17-12-6-10(2)5-11(16)8-12/h3-8,17H,16H2,1-2H3. The Balaban J connectivity index is 2.31. The van der Waals surface area contributed by atoms with Crippen LogP contribution in [0.25, 0.3) is 0 Å². The summed E-state index contributed by atoms with van der Waals surface area (Å²) < 4.78 is 1.05. The molecule has 17 heavy (non-hydrogen) atoms. The summed E-state index contributed by atoms with van der Waals surface area (Å²) in [6.45, 7) is 4.10. The zero-order chi connectivity index (χ0) is 12.4. The molecule has 0 aromatic heterocycles. The lowest BCUT2D eigenvalue weighted by molar-refractivity contribution is 1.41. The molecule has 0 spiro atoms. The third-order valence-corrected chi connectivity index (χ3v) is 3.16. The van der Waals surface area contributed by atoms with Gasteiger partial charge in [0.05, 0.1) is 5.69 Å². The molecule has 0 unspecified atom stereocenters. The quantitative estimate of drug-likeness (QED) is 0.805. The van der Waals surface area contributed by atoms with Crippen LogP contribution in [-0.2, 0) is 0 Å². The fourth-order valence-corrected chi connectivity index (χ4v) is 2.35. The topological polar surface area (TPSA) is 38.0 Å². The van der Waals surface area contributed by atoms with Crippen molar-refractivity contribution >= 4 is 33.0 Å². The zero-order valence-corrected chi connectivity index (χ0v) is 11.5. The second-order valence-electron chi connectivity index (χ2n) is 4.24. The molecule has 2 aromatic rings. The molecule has 2 rings (SSSR count). The molecule has 3 N–H and O–H groups in total. The minimum absolute atomic E-state index is 0.774. The molecule has 0 saturated heterocycles. The second kappa shape index (κ2) is 4.80. The predicted molar refractivity (Wildman–Crippen MR) is 77.8 cm³/mol. The summed E-state index contributed by atoms with van der Waals surface area (Å²) in [4.78, 5) is 0. The maximum Gasteiger partial charge on any atom is 0.0528 e. The van der Waals surface area contributed by atoms with Gasteiger partial charge >= 0.3 is 0 Å². The summed E-state index contributed by atoms with van der Waals surface area (Å²) in [7, 11) is 0. The average Bonchev–Trinajstić information content (AvgIpc) is 2.21. The van der Waals surface area contributed by atoms with Gasteiger partial charge < -0.3 is 11.1 Å². The van der Waals surface area contributed by atoms with Crippen molar-refractivity contribution in [3.63, 3.8) is 0 Å². The fraction of sp³-hybridized carbons (Fsp3) is 0.143. The third kappa shape index (κ3) is 3.01. The van der Waals surface area contributed by atoms with E-state index in [0.29, 0.717) is 0 Å². The van der Waals surface area contributed by atoms with Crippen LogP contribution in [0.5, 0.6) is 0 Å². The molecule has 88 valence electrons. The Morgan fingerprint density at radius 3 is 2.41 bits per heavy atom. The SMILES string of the molecule is Cc1cc(N)cc(Nc2ccc(C)cc2Br)c1. The highest BCUT2D eigenvalue weighted by atomic mass is 79.9. The molecule has 0 fully saturated rings. The number of anilines is 3. The van der Waals surface area contributed by atoms with Gasteiger partial charge in [-0.1, -0.05) is 6.07 Å². The first-order valence-corrected chi connectivity index (χ1v) is 6.24. The number of nitrogens with two attached hydrogens (primary N) is 1. The molecular weight excluding hydrogens is 276 g/mol. The van der Waals surface area contributed by atoms with E-state index in [9.17, 15) is 0 Å². The maximum absolute atomic E-state index is 5.82. The van der Waals surface area contributed by atoms with Crippen molar-refractivity contribution in [3.8, 4) is 0 Å². The predicted octanol–water partition coefficient (Wildman–Crippen LogP) is 4.39. The average molecular weight is 291 g/mol. The van der Waals surface area contributed by atoms with Crippen LogP contribution in [0.4, 0.5) is 17.1 Å². The molecule has 2 aromatic carbocycles. The van der Waals surface area contributed by atoms with Gasteiger partial charge in [0.2, 0.25) is 0 Å². The van der Waals surface area contributed by atoms with Crippen LogP contribution >= 0.6 is 15.9 Å². The first kappa shape index (κ1) is 12.0. The second-order valence-corrected chi connectivity index (χ2v) is 5.10. The van der Waals surface area contributed by atoms with Gasteiger partial charge in [0.15, 0.2) is 0 Å². The number of nitrogen functional groups attached to an aromatic ring is 1. The van der Waals surface area contributed by atoms with Gasteiger partial charge in [0.25, 0.3) is 0 Å². The Bertz CT molecular complexity index is 530. The number of hydrogen-bond acceptors (Lipinski definition) is 2. The highest BCUT2D eigenvalue weighted by molar-refractivity contribution is 9.10. The highest BCUT2D eigenvalue weighted by Gasteiger charge is 2.01. The Morgan fingerprint density at radius 2 is 1.76 bits per heavy atom. The maximum atomic E-state index is 5.82. The number of nitrogens with one attached hydrogen (secondary N) is 1. The Kier molecular flexibility index (Phi) is 3.38. The first-order chi connectivity index (χ1) is 8.04. The van der Waals surface area contributed by atoms with E-state index < -0.39 is 0 Å². The molecular formula is C14H15BrN2. The van der Waals surface area contributed by atoms with Gasteiger partial charge in [-0.3, -0.25) is 0 Å². The molecule has 3 heteroatoms. The molecule has 0 amide bonds. The molecule has 0 aliphatic heterocycles. The van der Waals surface area contributed by atoms with Crippen LogP contribution in [0.1, 0.15) is 11.1 Å². The van der Waals surface area contributed by atoms with Crippen LogP contribution < -0.4 is 11.1 Å². The lowest BCUT2D eigenvalue weighted by Crippen LogP contribution is -1.94. The number of benzene rings is 2. The van der Waals surface area contributed by atoms with Gasteiger partial charge in [0, 0.05) is 15.8 Å².